The van der Waals surface area contributed by atoms with Crippen LogP contribution in [0, 0.1) is 17.1 Å². The number of carbonyl (C=O) groups is 2. The summed E-state index contributed by atoms with van der Waals surface area (Å²) >= 11 is 14.6. The largest absolute Gasteiger partial charge is 0.384 e. The number of thioether (sulfide) groups is 1. The Balaban J connectivity index is 1.46. The van der Waals surface area contributed by atoms with Crippen molar-refractivity contribution in [3.63, 3.8) is 0 Å². The van der Waals surface area contributed by atoms with Crippen molar-refractivity contribution in [3.8, 4) is 6.07 Å². The summed E-state index contributed by atoms with van der Waals surface area (Å²) in [6.07, 6.45) is 2.78. The zero-order valence-electron chi connectivity index (χ0n) is 20.0. The van der Waals surface area contributed by atoms with E-state index in [1.165, 1.54) is 29.3 Å². The highest BCUT2D eigenvalue weighted by Crippen LogP contribution is 2.48. The van der Waals surface area contributed by atoms with Gasteiger partial charge in [0.1, 0.15) is 11.6 Å². The molecule has 2 aliphatic rings. The number of rotatable bonds is 6. The summed E-state index contributed by atoms with van der Waals surface area (Å²) in [6, 6.07) is 9.56. The summed E-state index contributed by atoms with van der Waals surface area (Å²) in [6.45, 7) is 0. The van der Waals surface area contributed by atoms with E-state index in [0.717, 1.165) is 23.1 Å². The summed E-state index contributed by atoms with van der Waals surface area (Å²) in [5, 5.41) is 21.8. The average Bonchev–Trinajstić information content (AvgIpc) is 3.37. The molecule has 0 bridgehead atoms. The highest BCUT2D eigenvalue weighted by Gasteiger charge is 2.42. The number of ketones is 1. The quantitative estimate of drug-likeness (QED) is 0.280. The van der Waals surface area contributed by atoms with E-state index in [-0.39, 0.29) is 56.6 Å². The molecule has 1 unspecified atom stereocenters. The predicted molar refractivity (Wildman–Crippen MR) is 148 cm³/mol. The molecular weight excluding hydrogens is 584 g/mol. The van der Waals surface area contributed by atoms with Crippen LogP contribution in [0.25, 0.3) is 0 Å². The molecule has 2 aromatic heterocycles. The number of aromatic nitrogens is 3. The van der Waals surface area contributed by atoms with Crippen LogP contribution in [-0.2, 0) is 9.59 Å². The highest BCUT2D eigenvalue weighted by atomic mass is 35.5. The first-order valence-electron chi connectivity index (χ1n) is 11.6. The Morgan fingerprint density at radius 2 is 2.10 bits per heavy atom. The van der Waals surface area contributed by atoms with Crippen LogP contribution in [0.4, 0.5) is 15.2 Å². The maximum atomic E-state index is 15.0. The van der Waals surface area contributed by atoms with Crippen LogP contribution >= 0.6 is 46.3 Å². The van der Waals surface area contributed by atoms with Gasteiger partial charge in [0, 0.05) is 34.5 Å². The maximum Gasteiger partial charge on any atom is 0.234 e. The van der Waals surface area contributed by atoms with E-state index in [1.807, 2.05) is 0 Å². The predicted octanol–water partition coefficient (Wildman–Crippen LogP) is 5.41. The molecule has 3 aromatic rings. The number of anilines is 2. The van der Waals surface area contributed by atoms with Crippen LogP contribution in [0.2, 0.25) is 10.2 Å². The van der Waals surface area contributed by atoms with Crippen LogP contribution in [0.3, 0.4) is 0 Å². The topological polar surface area (TPSA) is 138 Å². The van der Waals surface area contributed by atoms with E-state index >= 15 is 4.39 Å². The first-order chi connectivity index (χ1) is 18.8. The van der Waals surface area contributed by atoms with Gasteiger partial charge in [0.25, 0.3) is 0 Å². The van der Waals surface area contributed by atoms with Crippen LogP contribution in [0.5, 0.6) is 0 Å². The molecule has 0 saturated carbocycles. The summed E-state index contributed by atoms with van der Waals surface area (Å²) in [7, 11) is 0. The molecule has 1 atom stereocenters. The molecule has 1 aromatic carbocycles. The van der Waals surface area contributed by atoms with Gasteiger partial charge in [-0.3, -0.25) is 14.5 Å². The van der Waals surface area contributed by atoms with Gasteiger partial charge in [-0.25, -0.2) is 9.37 Å². The summed E-state index contributed by atoms with van der Waals surface area (Å²) < 4.78 is 15.5. The molecule has 39 heavy (non-hydrogen) atoms. The number of nitrogens with two attached hydrogens (primary N) is 1. The first kappa shape index (κ1) is 27.1. The molecule has 14 heteroatoms. The lowest BCUT2D eigenvalue weighted by Crippen LogP contribution is -2.39. The van der Waals surface area contributed by atoms with E-state index in [0.29, 0.717) is 33.7 Å². The van der Waals surface area contributed by atoms with Crippen LogP contribution in [0.15, 0.2) is 63.5 Å². The number of amides is 1. The molecule has 3 N–H and O–H groups in total. The molecule has 0 spiro atoms. The van der Waals surface area contributed by atoms with Gasteiger partial charge in [0.05, 0.1) is 29.0 Å². The summed E-state index contributed by atoms with van der Waals surface area (Å²) in [5.74, 6) is -2.15. The van der Waals surface area contributed by atoms with Gasteiger partial charge < -0.3 is 11.1 Å². The molecule has 1 amide bonds. The molecular formula is C25H18Cl2FN7O2S2. The number of hydrogen-bond donors (Lipinski definition) is 2. The highest BCUT2D eigenvalue weighted by molar-refractivity contribution is 8.01. The van der Waals surface area contributed by atoms with Gasteiger partial charge in [0.2, 0.25) is 11.0 Å². The van der Waals surface area contributed by atoms with Crippen molar-refractivity contribution < 1.29 is 14.0 Å². The minimum Gasteiger partial charge on any atom is -0.384 e. The number of hydrogen-bond acceptors (Lipinski definition) is 10. The van der Waals surface area contributed by atoms with Crippen molar-refractivity contribution in [2.75, 3.05) is 16.0 Å². The van der Waals surface area contributed by atoms with Crippen LogP contribution < -0.4 is 16.0 Å². The fourth-order valence-corrected chi connectivity index (χ4v) is 6.64. The molecule has 0 radical (unpaired) electrons. The second kappa shape index (κ2) is 11.3. The molecule has 1 aliphatic carbocycles. The number of allylic oxidation sites excluding steroid dienone is 3. The van der Waals surface area contributed by atoms with Gasteiger partial charge in [0.15, 0.2) is 15.3 Å². The number of pyridine rings is 1. The van der Waals surface area contributed by atoms with Gasteiger partial charge in [-0.05, 0) is 37.1 Å². The van der Waals surface area contributed by atoms with Crippen molar-refractivity contribution in [2.45, 2.75) is 29.5 Å². The summed E-state index contributed by atoms with van der Waals surface area (Å²) in [5.41, 5.74) is 7.73. The van der Waals surface area contributed by atoms with Crippen molar-refractivity contribution >= 4 is 68.8 Å². The Morgan fingerprint density at radius 1 is 1.28 bits per heavy atom. The molecule has 1 aliphatic heterocycles. The Kier molecular flexibility index (Phi) is 7.86. The lowest BCUT2D eigenvalue weighted by molar-refractivity contribution is -0.116. The molecule has 9 nitrogen and oxygen atoms in total. The zero-order chi connectivity index (χ0) is 27.7. The van der Waals surface area contributed by atoms with Gasteiger partial charge in [-0.1, -0.05) is 52.4 Å². The van der Waals surface area contributed by atoms with Gasteiger partial charge >= 0.3 is 0 Å². The van der Waals surface area contributed by atoms with Crippen molar-refractivity contribution in [1.82, 2.24) is 15.2 Å². The third-order valence-electron chi connectivity index (χ3n) is 6.15. The number of carbonyl (C=O) groups excluding carboxylic acids is 2. The molecule has 5 rings (SSSR count). The van der Waals surface area contributed by atoms with E-state index in [4.69, 9.17) is 28.9 Å². The van der Waals surface area contributed by atoms with Crippen LogP contribution in [0.1, 0.15) is 30.7 Å². The standard InChI is InChI=1S/C25H18Cl2FN7O2S2/c26-13-4-1-5-14(28)20(13)19-12(10-29)23(30)35(16-7-2-8-17(36)21(16)19)24-33-34-25(39-24)38-11-18(37)32-15-6-3-9-31-22(15)27/h1,3-6,9,19H,2,7-8,11,30H2,(H,32,37). The fraction of sp³-hybridized carbons (Fsp3) is 0.200. The van der Waals surface area contributed by atoms with Gasteiger partial charge in [-0.15, -0.1) is 10.2 Å². The van der Waals surface area contributed by atoms with Crippen molar-refractivity contribution in [1.29, 1.82) is 5.26 Å². The number of halogens is 3. The van der Waals surface area contributed by atoms with Crippen molar-refractivity contribution in [2.24, 2.45) is 5.73 Å². The summed E-state index contributed by atoms with van der Waals surface area (Å²) in [4.78, 5) is 31.1. The molecule has 198 valence electrons. The smallest absolute Gasteiger partial charge is 0.234 e. The molecule has 0 saturated heterocycles. The zero-order valence-corrected chi connectivity index (χ0v) is 23.1. The number of nitriles is 1. The van der Waals surface area contributed by atoms with E-state index < -0.39 is 11.7 Å². The third kappa shape index (κ3) is 5.23. The third-order valence-corrected chi connectivity index (χ3v) is 8.82. The second-order valence-electron chi connectivity index (χ2n) is 8.48. The number of nitrogens with one attached hydrogen (secondary N) is 1. The minimum atomic E-state index is -1.03. The monoisotopic (exact) mass is 601 g/mol. The molecule has 3 heterocycles. The Hall–Kier alpha value is -3.50. The number of nitrogens with zero attached hydrogens (tertiary/aromatic N) is 5. The minimum absolute atomic E-state index is 0.00636. The van der Waals surface area contributed by atoms with E-state index in [1.54, 1.807) is 12.1 Å². The maximum absolute atomic E-state index is 15.0. The number of benzene rings is 1. The van der Waals surface area contributed by atoms with E-state index in [2.05, 4.69) is 26.6 Å². The van der Waals surface area contributed by atoms with Crippen molar-refractivity contribution in [3.05, 3.63) is 80.7 Å². The normalized spacial score (nSPS) is 17.2. The Bertz CT molecular complexity index is 1580. The SMILES string of the molecule is N#CC1=C(N)N(c2nnc(SCC(=O)Nc3cccnc3Cl)s2)C2=C(C(=O)CCC2)C1c1c(F)cccc1Cl. The van der Waals surface area contributed by atoms with Crippen LogP contribution in [-0.4, -0.2) is 32.6 Å². The number of Topliss-reactive ketones (excluding diaryl/α,β-unsaturated/α-hetero) is 1. The lowest BCUT2D eigenvalue weighted by atomic mass is 9.75. The fourth-order valence-electron chi connectivity index (χ4n) is 4.52. The Morgan fingerprint density at radius 3 is 2.85 bits per heavy atom. The average molecular weight is 603 g/mol. The first-order valence-corrected chi connectivity index (χ1v) is 14.1. The van der Waals surface area contributed by atoms with Gasteiger partial charge in [-0.2, -0.15) is 5.26 Å². The second-order valence-corrected chi connectivity index (χ2v) is 11.4. The Labute approximate surface area is 240 Å². The van der Waals surface area contributed by atoms with E-state index in [9.17, 15) is 14.9 Å². The lowest BCUT2D eigenvalue weighted by Gasteiger charge is -2.38. The molecule has 0 fully saturated rings.